The third-order valence-corrected chi connectivity index (χ3v) is 7.50. The van der Waals surface area contributed by atoms with Crippen molar-refractivity contribution in [1.82, 2.24) is 10.2 Å². The quantitative estimate of drug-likeness (QED) is 0.499. The van der Waals surface area contributed by atoms with E-state index in [4.69, 9.17) is 0 Å². The van der Waals surface area contributed by atoms with E-state index in [1.807, 2.05) is 67.4 Å². The highest BCUT2D eigenvalue weighted by Crippen LogP contribution is 2.27. The Balaban J connectivity index is 1.63. The van der Waals surface area contributed by atoms with Crippen molar-refractivity contribution < 1.29 is 9.59 Å². The molecule has 0 aromatic heterocycles. The number of hydrogen-bond donors (Lipinski definition) is 1. The standard InChI is InChI=1S/C24H29BrN2O2S/c1-17(19-12-6-8-14-21(19)25)26-24(29)20-13-7-9-15-22(20)30-16-23(28)27(2)18-10-4-3-5-11-18/h6-9,12-15,17-18H,3-5,10-11,16H2,1-2H3,(H,26,29). The predicted octanol–water partition coefficient (Wildman–Crippen LogP) is 5.82. The number of nitrogens with zero attached hydrogens (tertiary/aromatic N) is 1. The molecule has 0 spiro atoms. The molecule has 0 heterocycles. The third kappa shape index (κ3) is 5.88. The van der Waals surface area contributed by atoms with Gasteiger partial charge in [-0.1, -0.05) is 65.5 Å². The topological polar surface area (TPSA) is 49.4 Å². The molecule has 2 amide bonds. The van der Waals surface area contributed by atoms with E-state index >= 15 is 0 Å². The first kappa shape index (κ1) is 22.9. The van der Waals surface area contributed by atoms with E-state index in [1.165, 1.54) is 31.0 Å². The highest BCUT2D eigenvalue weighted by molar-refractivity contribution is 9.10. The van der Waals surface area contributed by atoms with Crippen LogP contribution in [0.2, 0.25) is 0 Å². The average Bonchev–Trinajstić information content (AvgIpc) is 2.77. The molecular formula is C24H29BrN2O2S. The Morgan fingerprint density at radius 3 is 2.50 bits per heavy atom. The fraction of sp³-hybridized carbons (Fsp3) is 0.417. The molecule has 30 heavy (non-hydrogen) atoms. The number of hydrogen-bond acceptors (Lipinski definition) is 3. The van der Waals surface area contributed by atoms with Gasteiger partial charge >= 0.3 is 0 Å². The van der Waals surface area contributed by atoms with E-state index in [1.54, 1.807) is 0 Å². The molecule has 0 radical (unpaired) electrons. The number of rotatable bonds is 7. The summed E-state index contributed by atoms with van der Waals surface area (Å²) < 4.78 is 0.969. The van der Waals surface area contributed by atoms with E-state index in [-0.39, 0.29) is 17.9 Å². The van der Waals surface area contributed by atoms with Crippen LogP contribution in [0.1, 0.15) is 61.0 Å². The van der Waals surface area contributed by atoms with Crippen molar-refractivity contribution in [2.75, 3.05) is 12.8 Å². The third-order valence-electron chi connectivity index (χ3n) is 5.72. The molecule has 2 aromatic rings. The Hall–Kier alpha value is -1.79. The minimum absolute atomic E-state index is 0.128. The lowest BCUT2D eigenvalue weighted by Gasteiger charge is -2.31. The summed E-state index contributed by atoms with van der Waals surface area (Å²) in [6, 6.07) is 15.6. The van der Waals surface area contributed by atoms with Crippen molar-refractivity contribution >= 4 is 39.5 Å². The zero-order valence-electron chi connectivity index (χ0n) is 17.6. The molecular weight excluding hydrogens is 460 g/mol. The van der Waals surface area contributed by atoms with E-state index in [0.717, 1.165) is 27.8 Å². The molecule has 1 aliphatic rings. The van der Waals surface area contributed by atoms with Gasteiger partial charge in [-0.15, -0.1) is 11.8 Å². The zero-order valence-corrected chi connectivity index (χ0v) is 20.0. The van der Waals surface area contributed by atoms with E-state index in [9.17, 15) is 9.59 Å². The van der Waals surface area contributed by atoms with Gasteiger partial charge in [-0.2, -0.15) is 0 Å². The maximum Gasteiger partial charge on any atom is 0.252 e. The highest BCUT2D eigenvalue weighted by atomic mass is 79.9. The number of nitrogens with one attached hydrogen (secondary N) is 1. The molecule has 1 atom stereocenters. The Morgan fingerprint density at radius 2 is 1.77 bits per heavy atom. The van der Waals surface area contributed by atoms with Crippen LogP contribution in [0.3, 0.4) is 0 Å². The van der Waals surface area contributed by atoms with Crippen LogP contribution in [0.4, 0.5) is 0 Å². The van der Waals surface area contributed by atoms with Crippen LogP contribution in [-0.2, 0) is 4.79 Å². The summed E-state index contributed by atoms with van der Waals surface area (Å²) >= 11 is 4.99. The molecule has 4 nitrogen and oxygen atoms in total. The first-order valence-corrected chi connectivity index (χ1v) is 12.3. The smallest absolute Gasteiger partial charge is 0.252 e. The normalized spacial score (nSPS) is 15.4. The first-order valence-electron chi connectivity index (χ1n) is 10.5. The lowest BCUT2D eigenvalue weighted by atomic mass is 9.94. The van der Waals surface area contributed by atoms with Gasteiger partial charge in [-0.25, -0.2) is 0 Å². The summed E-state index contributed by atoms with van der Waals surface area (Å²) in [5.41, 5.74) is 1.63. The number of thioether (sulfide) groups is 1. The molecule has 0 saturated heterocycles. The summed E-state index contributed by atoms with van der Waals surface area (Å²) in [5, 5.41) is 3.08. The minimum Gasteiger partial charge on any atom is -0.345 e. The maximum absolute atomic E-state index is 13.0. The molecule has 1 unspecified atom stereocenters. The largest absolute Gasteiger partial charge is 0.345 e. The number of amides is 2. The number of benzene rings is 2. The van der Waals surface area contributed by atoms with E-state index in [0.29, 0.717) is 17.4 Å². The molecule has 1 saturated carbocycles. The van der Waals surface area contributed by atoms with Gasteiger partial charge in [0.15, 0.2) is 0 Å². The van der Waals surface area contributed by atoms with Crippen LogP contribution in [0.5, 0.6) is 0 Å². The molecule has 3 rings (SSSR count). The molecule has 1 aliphatic carbocycles. The van der Waals surface area contributed by atoms with Crippen LogP contribution < -0.4 is 5.32 Å². The van der Waals surface area contributed by atoms with Crippen LogP contribution in [-0.4, -0.2) is 35.6 Å². The van der Waals surface area contributed by atoms with Gasteiger partial charge in [0, 0.05) is 22.5 Å². The molecule has 0 aliphatic heterocycles. The Labute approximate surface area is 191 Å². The molecule has 1 N–H and O–H groups in total. The predicted molar refractivity (Wildman–Crippen MR) is 127 cm³/mol. The minimum atomic E-state index is -0.134. The van der Waals surface area contributed by atoms with Crippen molar-refractivity contribution in [3.63, 3.8) is 0 Å². The van der Waals surface area contributed by atoms with Gasteiger partial charge in [0.2, 0.25) is 5.91 Å². The molecule has 0 bridgehead atoms. The van der Waals surface area contributed by atoms with Crippen molar-refractivity contribution in [2.24, 2.45) is 0 Å². The summed E-state index contributed by atoms with van der Waals surface area (Å²) in [4.78, 5) is 28.4. The van der Waals surface area contributed by atoms with Crippen LogP contribution >= 0.6 is 27.7 Å². The van der Waals surface area contributed by atoms with Crippen molar-refractivity contribution in [1.29, 1.82) is 0 Å². The van der Waals surface area contributed by atoms with Gasteiger partial charge in [0.05, 0.1) is 17.4 Å². The van der Waals surface area contributed by atoms with E-state index < -0.39 is 0 Å². The fourth-order valence-electron chi connectivity index (χ4n) is 3.87. The van der Waals surface area contributed by atoms with Crippen LogP contribution in [0, 0.1) is 0 Å². The summed E-state index contributed by atoms with van der Waals surface area (Å²) in [7, 11) is 1.91. The van der Waals surface area contributed by atoms with Crippen LogP contribution in [0.25, 0.3) is 0 Å². The lowest BCUT2D eigenvalue weighted by Crippen LogP contribution is -2.39. The van der Waals surface area contributed by atoms with E-state index in [2.05, 4.69) is 21.2 Å². The number of carbonyl (C=O) groups excluding carboxylic acids is 2. The van der Waals surface area contributed by atoms with Gasteiger partial charge < -0.3 is 10.2 Å². The zero-order chi connectivity index (χ0) is 21.5. The molecule has 2 aromatic carbocycles. The molecule has 6 heteroatoms. The van der Waals surface area contributed by atoms with Crippen molar-refractivity contribution in [3.05, 3.63) is 64.1 Å². The Morgan fingerprint density at radius 1 is 1.10 bits per heavy atom. The second-order valence-electron chi connectivity index (χ2n) is 7.80. The molecule has 160 valence electrons. The number of halogens is 1. The van der Waals surface area contributed by atoms with Crippen LogP contribution in [0.15, 0.2) is 57.9 Å². The van der Waals surface area contributed by atoms with Gasteiger partial charge in [-0.3, -0.25) is 9.59 Å². The second kappa shape index (κ2) is 11.0. The maximum atomic E-state index is 13.0. The fourth-order valence-corrected chi connectivity index (χ4v) is 5.47. The van der Waals surface area contributed by atoms with Crippen molar-refractivity contribution in [3.8, 4) is 0 Å². The lowest BCUT2D eigenvalue weighted by molar-refractivity contribution is -0.129. The molecule has 1 fully saturated rings. The summed E-state index contributed by atoms with van der Waals surface area (Å²) in [6.07, 6.45) is 5.87. The highest BCUT2D eigenvalue weighted by Gasteiger charge is 2.23. The van der Waals surface area contributed by atoms with Gasteiger partial charge in [-0.05, 0) is 43.5 Å². The number of carbonyl (C=O) groups is 2. The average molecular weight is 489 g/mol. The SMILES string of the molecule is CC(NC(=O)c1ccccc1SCC(=O)N(C)C1CCCCC1)c1ccccc1Br. The Kier molecular flexibility index (Phi) is 8.40. The van der Waals surface area contributed by atoms with Gasteiger partial charge in [0.1, 0.15) is 0 Å². The Bertz CT molecular complexity index is 883. The van der Waals surface area contributed by atoms with Crippen molar-refractivity contribution in [2.45, 2.75) is 56.0 Å². The van der Waals surface area contributed by atoms with Gasteiger partial charge in [0.25, 0.3) is 5.91 Å². The summed E-state index contributed by atoms with van der Waals surface area (Å²) in [6.45, 7) is 1.97. The monoisotopic (exact) mass is 488 g/mol. The summed E-state index contributed by atoms with van der Waals surface area (Å²) in [5.74, 6) is 0.343. The first-order chi connectivity index (χ1) is 14.5. The second-order valence-corrected chi connectivity index (χ2v) is 9.67.